The highest BCUT2D eigenvalue weighted by Gasteiger charge is 2.85. The topological polar surface area (TPSA) is 77.5 Å². The van der Waals surface area contributed by atoms with Gasteiger partial charge in [-0.25, -0.2) is 4.79 Å². The maximum Gasteiger partial charge on any atom is 0.324 e. The summed E-state index contributed by atoms with van der Waals surface area (Å²) >= 11 is 0. The van der Waals surface area contributed by atoms with Gasteiger partial charge < -0.3 is 13.9 Å². The van der Waals surface area contributed by atoms with Gasteiger partial charge in [-0.2, -0.15) is 0 Å². The summed E-state index contributed by atoms with van der Waals surface area (Å²) in [6.45, 7) is 14.9. The Morgan fingerprint density at radius 3 is 2.29 bits per heavy atom. The number of methoxy groups -OCH3 is 1. The molecule has 5 rings (SSSR count). The molecule has 2 heterocycles. The van der Waals surface area contributed by atoms with Crippen molar-refractivity contribution < 1.29 is 23.5 Å². The lowest BCUT2D eigenvalue weighted by atomic mass is 9.59. The number of carbonyl (C=O) groups excluding carboxylic acids is 2. The molecule has 0 amide bonds. The van der Waals surface area contributed by atoms with Crippen molar-refractivity contribution in [2.75, 3.05) is 7.11 Å². The van der Waals surface area contributed by atoms with Gasteiger partial charge in [-0.05, 0) is 47.0 Å². The van der Waals surface area contributed by atoms with Crippen LogP contribution in [0.4, 0.5) is 0 Å². The molecule has 0 radical (unpaired) electrons. The Morgan fingerprint density at radius 1 is 1.05 bits per heavy atom. The first-order chi connectivity index (χ1) is 18.0. The Morgan fingerprint density at radius 2 is 1.68 bits per heavy atom. The normalized spacial score (nSPS) is 33.2. The van der Waals surface area contributed by atoms with E-state index < -0.39 is 37.4 Å². The van der Waals surface area contributed by atoms with E-state index >= 15 is 0 Å². The van der Waals surface area contributed by atoms with Crippen molar-refractivity contribution in [3.8, 4) is 23.7 Å². The highest BCUT2D eigenvalue weighted by molar-refractivity contribution is 6.79. The summed E-state index contributed by atoms with van der Waals surface area (Å²) in [5, 5.41) is 0. The van der Waals surface area contributed by atoms with E-state index in [4.69, 9.17) is 18.9 Å². The standard InChI is InChI=1S/C31H35NO5Si/c1-18(2)38(19(3)4,20(5)6)36-29(34)27-21(7)30-26-14-12-10-9-11-13-23(28(27)35-8)31(30,37-30)24-17-22(33)15-16-25(24)32-26/h9-10,15-21,23,26H,1-8H3/b10-9-/t21-,23+,26-,30-,31+/m0/s1. The first kappa shape index (κ1) is 26.5. The quantitative estimate of drug-likeness (QED) is 0.213. The molecule has 0 aromatic carbocycles. The number of carbonyl (C=O) groups is 2. The first-order valence-corrected chi connectivity index (χ1v) is 15.5. The first-order valence-electron chi connectivity index (χ1n) is 13.4. The fourth-order valence-corrected chi connectivity index (χ4v) is 12.6. The van der Waals surface area contributed by atoms with E-state index in [0.29, 0.717) is 22.6 Å². The second-order valence-electron chi connectivity index (χ2n) is 11.6. The number of aliphatic imine (C=N–C) groups is 1. The zero-order chi connectivity index (χ0) is 27.6. The molecule has 38 heavy (non-hydrogen) atoms. The summed E-state index contributed by atoms with van der Waals surface area (Å²) in [6.07, 6.45) is 8.18. The summed E-state index contributed by atoms with van der Waals surface area (Å²) in [5.74, 6) is 11.5. The van der Waals surface area contributed by atoms with E-state index in [1.165, 1.54) is 6.08 Å². The molecule has 5 aliphatic rings. The number of hydrogen-bond acceptors (Lipinski definition) is 6. The molecule has 4 bridgehead atoms. The van der Waals surface area contributed by atoms with Crippen LogP contribution in [-0.4, -0.2) is 50.1 Å². The van der Waals surface area contributed by atoms with E-state index in [-0.39, 0.29) is 28.4 Å². The minimum absolute atomic E-state index is 0.136. The van der Waals surface area contributed by atoms with Crippen LogP contribution in [0.3, 0.4) is 0 Å². The Labute approximate surface area is 226 Å². The fraction of sp³-hybridized carbons (Fsp3) is 0.516. The molecule has 3 aliphatic carbocycles. The van der Waals surface area contributed by atoms with Crippen LogP contribution in [0.1, 0.15) is 48.5 Å². The highest BCUT2D eigenvalue weighted by atomic mass is 28.4. The molecule has 6 nitrogen and oxygen atoms in total. The minimum Gasteiger partial charge on any atom is -0.515 e. The molecule has 1 fully saturated rings. The summed E-state index contributed by atoms with van der Waals surface area (Å²) < 4.78 is 19.4. The summed E-state index contributed by atoms with van der Waals surface area (Å²) in [4.78, 5) is 31.8. The molecule has 0 spiro atoms. The molecule has 2 aliphatic heterocycles. The van der Waals surface area contributed by atoms with Crippen LogP contribution in [0.5, 0.6) is 0 Å². The van der Waals surface area contributed by atoms with Crippen LogP contribution >= 0.6 is 0 Å². The molecular weight excluding hydrogens is 494 g/mol. The van der Waals surface area contributed by atoms with Gasteiger partial charge in [0.15, 0.2) is 5.78 Å². The van der Waals surface area contributed by atoms with Crippen molar-refractivity contribution in [2.45, 2.75) is 82.3 Å². The number of epoxide rings is 1. The third-order valence-electron chi connectivity index (χ3n) is 9.04. The zero-order valence-corrected chi connectivity index (χ0v) is 24.3. The van der Waals surface area contributed by atoms with Crippen LogP contribution in [0.2, 0.25) is 16.6 Å². The van der Waals surface area contributed by atoms with Gasteiger partial charge in [-0.3, -0.25) is 9.79 Å². The van der Waals surface area contributed by atoms with Gasteiger partial charge in [-0.1, -0.05) is 72.1 Å². The van der Waals surface area contributed by atoms with E-state index in [9.17, 15) is 9.59 Å². The van der Waals surface area contributed by atoms with Crippen LogP contribution in [-0.2, 0) is 23.5 Å². The average Bonchev–Trinajstić information content (AvgIpc) is 3.58. The summed E-state index contributed by atoms with van der Waals surface area (Å²) in [7, 11) is -0.989. The number of nitrogens with zero attached hydrogens (tertiary/aromatic N) is 1. The maximum atomic E-state index is 14.3. The molecule has 0 aromatic rings. The molecule has 0 unspecified atom stereocenters. The fourth-order valence-electron chi connectivity index (χ4n) is 7.50. The average molecular weight is 530 g/mol. The summed E-state index contributed by atoms with van der Waals surface area (Å²) in [6, 6.07) is -0.557. The second-order valence-corrected chi connectivity index (χ2v) is 17.0. The molecule has 0 aromatic heterocycles. The van der Waals surface area contributed by atoms with Crippen molar-refractivity contribution in [2.24, 2.45) is 16.8 Å². The largest absolute Gasteiger partial charge is 0.515 e. The van der Waals surface area contributed by atoms with E-state index in [1.54, 1.807) is 31.4 Å². The molecular formula is C31H35NO5Si. The minimum atomic E-state index is -2.55. The van der Waals surface area contributed by atoms with Crippen LogP contribution in [0, 0.1) is 35.5 Å². The number of hydrogen-bond donors (Lipinski definition) is 0. The van der Waals surface area contributed by atoms with Crippen LogP contribution in [0.25, 0.3) is 0 Å². The number of ether oxygens (including phenoxy) is 2. The molecule has 1 saturated heterocycles. The molecule has 198 valence electrons. The molecule has 5 atom stereocenters. The van der Waals surface area contributed by atoms with Gasteiger partial charge in [0, 0.05) is 11.5 Å². The molecule has 7 heteroatoms. The third-order valence-corrected chi connectivity index (χ3v) is 15.0. The SMILES string of the molecule is COC1=C(C(=O)O[Si](C(C)C)(C(C)C)C(C)C)[C@H](C)[C@@]23O[C@]24C2=CC(=O)C=CC2=N[C@H]3C#C/C=C\C#C[C@H]14. The zero-order valence-electron chi connectivity index (χ0n) is 23.3. The molecule has 0 saturated carbocycles. The lowest BCUT2D eigenvalue weighted by molar-refractivity contribution is -0.132. The van der Waals surface area contributed by atoms with E-state index in [0.717, 1.165) is 0 Å². The number of rotatable bonds is 6. The van der Waals surface area contributed by atoms with Crippen molar-refractivity contribution >= 4 is 25.8 Å². The predicted octanol–water partition coefficient (Wildman–Crippen LogP) is 4.84. The summed E-state index contributed by atoms with van der Waals surface area (Å²) in [5.41, 5.74) is 0.476. The van der Waals surface area contributed by atoms with E-state index in [2.05, 4.69) is 65.2 Å². The predicted molar refractivity (Wildman–Crippen MR) is 149 cm³/mol. The Hall–Kier alpha value is -3.13. The lowest BCUT2D eigenvalue weighted by Gasteiger charge is -2.44. The van der Waals surface area contributed by atoms with Gasteiger partial charge >= 0.3 is 5.97 Å². The van der Waals surface area contributed by atoms with Crippen molar-refractivity contribution in [1.82, 2.24) is 0 Å². The van der Waals surface area contributed by atoms with Gasteiger partial charge in [0.1, 0.15) is 28.9 Å². The van der Waals surface area contributed by atoms with Gasteiger partial charge in [0.2, 0.25) is 0 Å². The Kier molecular flexibility index (Phi) is 6.25. The van der Waals surface area contributed by atoms with Gasteiger partial charge in [-0.15, -0.1) is 0 Å². The Balaban J connectivity index is 1.73. The van der Waals surface area contributed by atoms with Crippen molar-refractivity contribution in [1.29, 1.82) is 0 Å². The lowest BCUT2D eigenvalue weighted by Crippen LogP contribution is -2.56. The second kappa shape index (κ2) is 8.97. The highest BCUT2D eigenvalue weighted by Crippen LogP contribution is 2.71. The van der Waals surface area contributed by atoms with Gasteiger partial charge in [0.25, 0.3) is 8.32 Å². The maximum absolute atomic E-state index is 14.3. The number of ketones is 1. The molecule has 0 N–H and O–H groups in total. The third kappa shape index (κ3) is 3.28. The van der Waals surface area contributed by atoms with Crippen LogP contribution in [0.15, 0.2) is 52.3 Å². The number of allylic oxidation sites excluding steroid dienone is 5. The number of fused-ring (bicyclic) bond motifs is 1. The van der Waals surface area contributed by atoms with Crippen molar-refractivity contribution in [3.05, 3.63) is 47.3 Å². The van der Waals surface area contributed by atoms with Crippen molar-refractivity contribution in [3.63, 3.8) is 0 Å². The van der Waals surface area contributed by atoms with Crippen LogP contribution < -0.4 is 0 Å². The monoisotopic (exact) mass is 529 g/mol. The Bertz CT molecular complexity index is 1370. The van der Waals surface area contributed by atoms with E-state index in [1.807, 2.05) is 6.92 Å². The van der Waals surface area contributed by atoms with Gasteiger partial charge in [0.05, 0.1) is 18.4 Å². The smallest absolute Gasteiger partial charge is 0.324 e.